The maximum Gasteiger partial charge on any atom is 0.317 e. The molecule has 2 heterocycles. The third-order valence-electron chi connectivity index (χ3n) is 5.15. The van der Waals surface area contributed by atoms with E-state index in [4.69, 9.17) is 9.47 Å². The highest BCUT2D eigenvalue weighted by Crippen LogP contribution is 2.17. The fraction of sp³-hybridized carbons (Fsp3) is 0.650. The number of carbonyl (C=O) groups is 1. The third kappa shape index (κ3) is 5.44. The molecule has 1 aromatic carbocycles. The van der Waals surface area contributed by atoms with E-state index in [2.05, 4.69) is 30.4 Å². The van der Waals surface area contributed by atoms with Gasteiger partial charge in [0.05, 0.1) is 12.7 Å². The molecule has 2 fully saturated rings. The van der Waals surface area contributed by atoms with E-state index in [-0.39, 0.29) is 6.03 Å². The van der Waals surface area contributed by atoms with Crippen molar-refractivity contribution >= 4 is 6.03 Å². The van der Waals surface area contributed by atoms with Gasteiger partial charge >= 0.3 is 6.03 Å². The molecule has 3 rings (SSSR count). The summed E-state index contributed by atoms with van der Waals surface area (Å²) >= 11 is 0. The van der Waals surface area contributed by atoms with Crippen LogP contribution in [0.5, 0.6) is 0 Å². The zero-order chi connectivity index (χ0) is 17.5. The minimum absolute atomic E-state index is 0.0519. The number of benzene rings is 1. The Morgan fingerprint density at radius 1 is 1.24 bits per heavy atom. The summed E-state index contributed by atoms with van der Waals surface area (Å²) < 4.78 is 11.3. The molecular formula is C20H30N2O3. The van der Waals surface area contributed by atoms with E-state index in [9.17, 15) is 4.79 Å². The van der Waals surface area contributed by atoms with E-state index in [1.54, 1.807) is 0 Å². The molecule has 2 aliphatic heterocycles. The monoisotopic (exact) mass is 346 g/mol. The van der Waals surface area contributed by atoms with Gasteiger partial charge in [-0.2, -0.15) is 0 Å². The number of nitrogens with zero attached hydrogens (tertiary/aromatic N) is 1. The lowest BCUT2D eigenvalue weighted by Crippen LogP contribution is -2.47. The van der Waals surface area contributed by atoms with Crippen LogP contribution in [0.15, 0.2) is 24.3 Å². The summed E-state index contributed by atoms with van der Waals surface area (Å²) in [4.78, 5) is 14.3. The van der Waals surface area contributed by atoms with Crippen molar-refractivity contribution in [3.63, 3.8) is 0 Å². The number of amides is 2. The topological polar surface area (TPSA) is 50.8 Å². The first-order valence-corrected chi connectivity index (χ1v) is 9.54. The van der Waals surface area contributed by atoms with Gasteiger partial charge in [-0.1, -0.05) is 24.3 Å². The molecule has 5 nitrogen and oxygen atoms in total. The first-order chi connectivity index (χ1) is 12.2. The van der Waals surface area contributed by atoms with Crippen LogP contribution in [0.2, 0.25) is 0 Å². The average Bonchev–Trinajstić information content (AvgIpc) is 2.66. The Hall–Kier alpha value is -1.59. The van der Waals surface area contributed by atoms with E-state index in [0.29, 0.717) is 25.3 Å². The number of piperidine rings is 1. The lowest BCUT2D eigenvalue weighted by Gasteiger charge is -2.33. The molecule has 2 aliphatic rings. The molecule has 2 amide bonds. The maximum atomic E-state index is 12.4. The Morgan fingerprint density at radius 3 is 2.84 bits per heavy atom. The Bertz CT molecular complexity index is 558. The van der Waals surface area contributed by atoms with Gasteiger partial charge < -0.3 is 19.7 Å². The summed E-state index contributed by atoms with van der Waals surface area (Å²) in [6, 6.07) is 8.69. The molecule has 25 heavy (non-hydrogen) atoms. The van der Waals surface area contributed by atoms with Crippen LogP contribution in [0.25, 0.3) is 0 Å². The number of likely N-dealkylation sites (tertiary alicyclic amines) is 1. The normalized spacial score (nSPS) is 22.0. The van der Waals surface area contributed by atoms with Crippen LogP contribution in [-0.2, 0) is 22.6 Å². The van der Waals surface area contributed by atoms with Gasteiger partial charge in [0.15, 0.2) is 0 Å². The van der Waals surface area contributed by atoms with Gasteiger partial charge in [-0.3, -0.25) is 0 Å². The van der Waals surface area contributed by atoms with Crippen LogP contribution in [0, 0.1) is 0 Å². The van der Waals surface area contributed by atoms with Gasteiger partial charge in [-0.15, -0.1) is 0 Å². The van der Waals surface area contributed by atoms with Gasteiger partial charge in [0, 0.05) is 32.3 Å². The van der Waals surface area contributed by atoms with E-state index in [1.165, 1.54) is 6.42 Å². The average molecular weight is 346 g/mol. The summed E-state index contributed by atoms with van der Waals surface area (Å²) in [7, 11) is 0. The van der Waals surface area contributed by atoms with Gasteiger partial charge in [0.25, 0.3) is 0 Å². The highest BCUT2D eigenvalue weighted by Gasteiger charge is 2.22. The molecule has 1 N–H and O–H groups in total. The second-order valence-electron chi connectivity index (χ2n) is 7.14. The molecule has 0 spiro atoms. The lowest BCUT2D eigenvalue weighted by atomic mass is 10.0. The number of nitrogens with one attached hydrogen (secondary N) is 1. The molecule has 0 radical (unpaired) electrons. The summed E-state index contributed by atoms with van der Waals surface area (Å²) in [6.07, 6.45) is 5.69. The van der Waals surface area contributed by atoms with Gasteiger partial charge in [0.2, 0.25) is 0 Å². The Labute approximate surface area is 150 Å². The zero-order valence-electron chi connectivity index (χ0n) is 15.2. The SMILES string of the molecule is CC1CCCCN1C(=O)NCc1cccc(COC2CCOCC2)c1. The van der Waals surface area contributed by atoms with Crippen LogP contribution in [0.4, 0.5) is 4.79 Å². The van der Waals surface area contributed by atoms with Crippen LogP contribution in [0.3, 0.4) is 0 Å². The Kier molecular flexibility index (Phi) is 6.70. The van der Waals surface area contributed by atoms with Crippen molar-refractivity contribution < 1.29 is 14.3 Å². The van der Waals surface area contributed by atoms with Gasteiger partial charge in [0.1, 0.15) is 0 Å². The van der Waals surface area contributed by atoms with Crippen molar-refractivity contribution in [2.45, 2.75) is 64.3 Å². The van der Waals surface area contributed by atoms with E-state index < -0.39 is 0 Å². The van der Waals surface area contributed by atoms with Crippen molar-refractivity contribution in [1.82, 2.24) is 10.2 Å². The molecule has 0 saturated carbocycles. The van der Waals surface area contributed by atoms with Crippen molar-refractivity contribution in [2.24, 2.45) is 0 Å². The molecule has 0 aliphatic carbocycles. The number of carbonyl (C=O) groups excluding carboxylic acids is 1. The minimum Gasteiger partial charge on any atom is -0.381 e. The maximum absolute atomic E-state index is 12.4. The highest BCUT2D eigenvalue weighted by atomic mass is 16.5. The lowest BCUT2D eigenvalue weighted by molar-refractivity contribution is -0.0390. The number of ether oxygens (including phenoxy) is 2. The Balaban J connectivity index is 1.46. The van der Waals surface area contributed by atoms with Crippen molar-refractivity contribution in [3.05, 3.63) is 35.4 Å². The molecule has 0 bridgehead atoms. The largest absolute Gasteiger partial charge is 0.381 e. The van der Waals surface area contributed by atoms with Crippen LogP contribution in [0.1, 0.15) is 50.2 Å². The van der Waals surface area contributed by atoms with Crippen molar-refractivity contribution in [2.75, 3.05) is 19.8 Å². The van der Waals surface area contributed by atoms with Crippen LogP contribution >= 0.6 is 0 Å². The predicted octanol–water partition coefficient (Wildman–Crippen LogP) is 3.47. The summed E-state index contributed by atoms with van der Waals surface area (Å²) in [5.74, 6) is 0. The zero-order valence-corrected chi connectivity index (χ0v) is 15.2. The Morgan fingerprint density at radius 2 is 2.04 bits per heavy atom. The van der Waals surface area contributed by atoms with Crippen molar-refractivity contribution in [1.29, 1.82) is 0 Å². The highest BCUT2D eigenvalue weighted by molar-refractivity contribution is 5.74. The quantitative estimate of drug-likeness (QED) is 0.888. The van der Waals surface area contributed by atoms with Gasteiger partial charge in [-0.25, -0.2) is 4.79 Å². The number of hydrogen-bond acceptors (Lipinski definition) is 3. The van der Waals surface area contributed by atoms with Crippen molar-refractivity contribution in [3.8, 4) is 0 Å². The molecule has 138 valence electrons. The van der Waals surface area contributed by atoms with Gasteiger partial charge in [-0.05, 0) is 50.2 Å². The van der Waals surface area contributed by atoms with Crippen LogP contribution < -0.4 is 5.32 Å². The second-order valence-corrected chi connectivity index (χ2v) is 7.14. The van der Waals surface area contributed by atoms with Crippen LogP contribution in [-0.4, -0.2) is 42.8 Å². The first kappa shape index (κ1) is 18.2. The summed E-state index contributed by atoms with van der Waals surface area (Å²) in [5, 5.41) is 3.06. The number of hydrogen-bond donors (Lipinski definition) is 1. The third-order valence-corrected chi connectivity index (χ3v) is 5.15. The molecule has 1 unspecified atom stereocenters. The molecule has 0 aromatic heterocycles. The fourth-order valence-electron chi connectivity index (χ4n) is 3.57. The number of rotatable bonds is 5. The minimum atomic E-state index is 0.0519. The molecule has 5 heteroatoms. The van der Waals surface area contributed by atoms with E-state index in [0.717, 1.165) is 56.6 Å². The smallest absolute Gasteiger partial charge is 0.317 e. The molecule has 2 saturated heterocycles. The second kappa shape index (κ2) is 9.20. The first-order valence-electron chi connectivity index (χ1n) is 9.54. The van der Waals surface area contributed by atoms with E-state index in [1.807, 2.05) is 11.0 Å². The number of urea groups is 1. The predicted molar refractivity (Wildman–Crippen MR) is 97.3 cm³/mol. The summed E-state index contributed by atoms with van der Waals surface area (Å²) in [5.41, 5.74) is 2.27. The molecule has 1 aromatic rings. The molecule has 1 atom stereocenters. The van der Waals surface area contributed by atoms with E-state index >= 15 is 0 Å². The molecular weight excluding hydrogens is 316 g/mol. The fourth-order valence-corrected chi connectivity index (χ4v) is 3.57. The summed E-state index contributed by atoms with van der Waals surface area (Å²) in [6.45, 7) is 5.78. The standard InChI is InChI=1S/C20H30N2O3/c1-16-5-2-3-10-22(16)20(23)21-14-17-6-4-7-18(13-17)15-25-19-8-11-24-12-9-19/h4,6-7,13,16,19H,2-3,5,8-12,14-15H2,1H3,(H,21,23).